The third-order valence-corrected chi connectivity index (χ3v) is 3.48. The standard InChI is InChI=1S/C18H15N5O/c19-10-14-6-8-15(9-7-14)12-23-13-17(21-22-23)11-20-18(24)16-4-2-1-3-5-16/h1-9,13H,11-12H2,(H,20,24). The van der Waals surface area contributed by atoms with Crippen LogP contribution in [-0.2, 0) is 13.1 Å². The van der Waals surface area contributed by atoms with Crippen LogP contribution in [-0.4, -0.2) is 20.9 Å². The van der Waals surface area contributed by atoms with Crippen LogP contribution in [0.15, 0.2) is 60.8 Å². The first-order valence-corrected chi connectivity index (χ1v) is 7.46. The van der Waals surface area contributed by atoms with E-state index in [1.54, 1.807) is 35.1 Å². The molecule has 1 heterocycles. The zero-order chi connectivity index (χ0) is 16.8. The number of rotatable bonds is 5. The first-order chi connectivity index (χ1) is 11.7. The van der Waals surface area contributed by atoms with E-state index in [1.165, 1.54) is 0 Å². The Morgan fingerprint density at radius 2 is 1.88 bits per heavy atom. The highest BCUT2D eigenvalue weighted by molar-refractivity contribution is 5.93. The summed E-state index contributed by atoms with van der Waals surface area (Å²) in [7, 11) is 0. The average molecular weight is 317 g/mol. The fraction of sp³-hybridized carbons (Fsp3) is 0.111. The summed E-state index contributed by atoms with van der Waals surface area (Å²) in [4.78, 5) is 12.0. The minimum Gasteiger partial charge on any atom is -0.346 e. The van der Waals surface area contributed by atoms with Crippen molar-refractivity contribution in [3.05, 3.63) is 83.2 Å². The van der Waals surface area contributed by atoms with Gasteiger partial charge in [0.25, 0.3) is 5.91 Å². The number of amides is 1. The highest BCUT2D eigenvalue weighted by Crippen LogP contribution is 2.06. The van der Waals surface area contributed by atoms with E-state index in [9.17, 15) is 4.79 Å². The Morgan fingerprint density at radius 3 is 2.58 bits per heavy atom. The lowest BCUT2D eigenvalue weighted by Crippen LogP contribution is -2.22. The number of carbonyl (C=O) groups is 1. The highest BCUT2D eigenvalue weighted by Gasteiger charge is 2.06. The van der Waals surface area contributed by atoms with Crippen LogP contribution in [0.25, 0.3) is 0 Å². The van der Waals surface area contributed by atoms with Crippen molar-refractivity contribution >= 4 is 5.91 Å². The molecular weight excluding hydrogens is 302 g/mol. The Hall–Kier alpha value is -3.46. The maximum Gasteiger partial charge on any atom is 0.251 e. The molecule has 6 heteroatoms. The van der Waals surface area contributed by atoms with Crippen molar-refractivity contribution in [1.29, 1.82) is 5.26 Å². The number of benzene rings is 2. The van der Waals surface area contributed by atoms with E-state index in [0.29, 0.717) is 29.9 Å². The maximum atomic E-state index is 12.0. The van der Waals surface area contributed by atoms with Crippen molar-refractivity contribution in [2.45, 2.75) is 13.1 Å². The summed E-state index contributed by atoms with van der Waals surface area (Å²) in [6.07, 6.45) is 1.80. The molecule has 0 unspecified atom stereocenters. The van der Waals surface area contributed by atoms with Crippen molar-refractivity contribution in [3.8, 4) is 6.07 Å². The molecule has 0 radical (unpaired) electrons. The largest absolute Gasteiger partial charge is 0.346 e. The van der Waals surface area contributed by atoms with Gasteiger partial charge in [-0.15, -0.1) is 5.10 Å². The lowest BCUT2D eigenvalue weighted by molar-refractivity contribution is 0.0950. The monoisotopic (exact) mass is 317 g/mol. The van der Waals surface area contributed by atoms with Gasteiger partial charge >= 0.3 is 0 Å². The quantitative estimate of drug-likeness (QED) is 0.781. The zero-order valence-electron chi connectivity index (χ0n) is 12.9. The minimum atomic E-state index is -0.141. The molecule has 1 aromatic heterocycles. The van der Waals surface area contributed by atoms with Gasteiger partial charge in [-0.25, -0.2) is 4.68 Å². The van der Waals surface area contributed by atoms with E-state index in [0.717, 1.165) is 5.56 Å². The second-order valence-corrected chi connectivity index (χ2v) is 5.26. The molecule has 1 amide bonds. The van der Waals surface area contributed by atoms with Crippen molar-refractivity contribution in [2.24, 2.45) is 0 Å². The summed E-state index contributed by atoms with van der Waals surface area (Å²) < 4.78 is 1.70. The minimum absolute atomic E-state index is 0.141. The number of hydrogen-bond acceptors (Lipinski definition) is 4. The van der Waals surface area contributed by atoms with E-state index in [-0.39, 0.29) is 5.91 Å². The third-order valence-electron chi connectivity index (χ3n) is 3.48. The molecule has 0 atom stereocenters. The summed E-state index contributed by atoms with van der Waals surface area (Å²) in [6, 6.07) is 18.4. The molecule has 6 nitrogen and oxygen atoms in total. The molecule has 0 spiro atoms. The van der Waals surface area contributed by atoms with Gasteiger partial charge in [-0.1, -0.05) is 35.5 Å². The lowest BCUT2D eigenvalue weighted by atomic mass is 10.1. The van der Waals surface area contributed by atoms with Gasteiger partial charge in [0.15, 0.2) is 0 Å². The van der Waals surface area contributed by atoms with Gasteiger partial charge in [0.1, 0.15) is 5.69 Å². The molecule has 0 aliphatic heterocycles. The molecule has 3 rings (SSSR count). The Labute approximate surface area is 139 Å². The van der Waals surface area contributed by atoms with Crippen LogP contribution in [0.3, 0.4) is 0 Å². The molecular formula is C18H15N5O. The third kappa shape index (κ3) is 3.84. The molecule has 118 valence electrons. The molecule has 0 saturated heterocycles. The fourth-order valence-electron chi connectivity index (χ4n) is 2.23. The maximum absolute atomic E-state index is 12.0. The van der Waals surface area contributed by atoms with Gasteiger partial charge in [-0.05, 0) is 29.8 Å². The fourth-order valence-corrected chi connectivity index (χ4v) is 2.23. The molecule has 2 aromatic carbocycles. The Kier molecular flexibility index (Phi) is 4.63. The number of carbonyl (C=O) groups excluding carboxylic acids is 1. The van der Waals surface area contributed by atoms with Crippen molar-refractivity contribution in [1.82, 2.24) is 20.3 Å². The van der Waals surface area contributed by atoms with E-state index in [1.807, 2.05) is 30.3 Å². The van der Waals surface area contributed by atoms with Crippen LogP contribution in [0.5, 0.6) is 0 Å². The molecule has 1 N–H and O–H groups in total. The lowest BCUT2D eigenvalue weighted by Gasteiger charge is -2.02. The first kappa shape index (κ1) is 15.4. The smallest absolute Gasteiger partial charge is 0.251 e. The van der Waals surface area contributed by atoms with Crippen LogP contribution in [0, 0.1) is 11.3 Å². The molecule has 0 fully saturated rings. The van der Waals surface area contributed by atoms with Gasteiger partial charge in [0.05, 0.1) is 30.9 Å². The Bertz CT molecular complexity index is 862. The second kappa shape index (κ2) is 7.20. The van der Waals surface area contributed by atoms with Crippen molar-refractivity contribution < 1.29 is 4.79 Å². The Morgan fingerprint density at radius 1 is 1.12 bits per heavy atom. The topological polar surface area (TPSA) is 83.6 Å². The van der Waals surface area contributed by atoms with Crippen LogP contribution in [0.1, 0.15) is 27.2 Å². The first-order valence-electron chi connectivity index (χ1n) is 7.46. The van der Waals surface area contributed by atoms with E-state index >= 15 is 0 Å². The number of hydrogen-bond donors (Lipinski definition) is 1. The summed E-state index contributed by atoms with van der Waals surface area (Å²) in [5.41, 5.74) is 2.95. The van der Waals surface area contributed by atoms with Crippen molar-refractivity contribution in [3.63, 3.8) is 0 Å². The second-order valence-electron chi connectivity index (χ2n) is 5.26. The number of nitrogens with zero attached hydrogens (tertiary/aromatic N) is 4. The zero-order valence-corrected chi connectivity index (χ0v) is 12.9. The summed E-state index contributed by atoms with van der Waals surface area (Å²) in [6.45, 7) is 0.881. The predicted molar refractivity (Wildman–Crippen MR) is 87.9 cm³/mol. The number of aromatic nitrogens is 3. The van der Waals surface area contributed by atoms with Crippen LogP contribution in [0.2, 0.25) is 0 Å². The van der Waals surface area contributed by atoms with E-state index in [2.05, 4.69) is 21.7 Å². The summed E-state index contributed by atoms with van der Waals surface area (Å²) >= 11 is 0. The highest BCUT2D eigenvalue weighted by atomic mass is 16.1. The molecule has 24 heavy (non-hydrogen) atoms. The van der Waals surface area contributed by atoms with E-state index < -0.39 is 0 Å². The molecule has 0 bridgehead atoms. The average Bonchev–Trinajstić information content (AvgIpc) is 3.08. The van der Waals surface area contributed by atoms with Crippen LogP contribution >= 0.6 is 0 Å². The molecule has 0 aliphatic carbocycles. The molecule has 0 aliphatic rings. The van der Waals surface area contributed by atoms with Gasteiger partial charge in [-0.2, -0.15) is 5.26 Å². The number of nitrogens with one attached hydrogen (secondary N) is 1. The number of nitriles is 1. The SMILES string of the molecule is N#Cc1ccc(Cn2cc(CNC(=O)c3ccccc3)nn2)cc1. The van der Waals surface area contributed by atoms with Gasteiger partial charge in [0.2, 0.25) is 0 Å². The van der Waals surface area contributed by atoms with E-state index in [4.69, 9.17) is 5.26 Å². The molecule has 0 saturated carbocycles. The van der Waals surface area contributed by atoms with Crippen molar-refractivity contribution in [2.75, 3.05) is 0 Å². The van der Waals surface area contributed by atoms with Crippen LogP contribution < -0.4 is 5.32 Å². The molecule has 3 aromatic rings. The summed E-state index contributed by atoms with van der Waals surface area (Å²) in [5, 5.41) is 19.7. The predicted octanol–water partition coefficient (Wildman–Crippen LogP) is 2.13. The van der Waals surface area contributed by atoms with Crippen LogP contribution in [0.4, 0.5) is 0 Å². The normalized spacial score (nSPS) is 10.1. The van der Waals surface area contributed by atoms with Gasteiger partial charge < -0.3 is 5.32 Å². The summed E-state index contributed by atoms with van der Waals surface area (Å²) in [5.74, 6) is -0.141. The Balaban J connectivity index is 1.57. The van der Waals surface area contributed by atoms with Gasteiger partial charge in [0, 0.05) is 5.56 Å². The van der Waals surface area contributed by atoms with Gasteiger partial charge in [-0.3, -0.25) is 4.79 Å².